The molecule has 1 saturated carbocycles. The average Bonchev–Trinajstić information content (AvgIpc) is 3.04. The summed E-state index contributed by atoms with van der Waals surface area (Å²) in [6.07, 6.45) is 2.47. The van der Waals surface area contributed by atoms with Crippen LogP contribution < -0.4 is 5.73 Å². The molecule has 1 aliphatic carbocycles. The minimum absolute atomic E-state index is 0.523. The molecule has 3 nitrogen and oxygen atoms in total. The largest absolute Gasteiger partial charge is 0.399 e. The lowest BCUT2D eigenvalue weighted by atomic mass is 10.2. The molecule has 1 aromatic carbocycles. The Bertz CT molecular complexity index is 359. The number of nitrogens with zero attached hydrogens (tertiary/aromatic N) is 2. The van der Waals surface area contributed by atoms with E-state index in [9.17, 15) is 0 Å². The molecule has 0 bridgehead atoms. The smallest absolute Gasteiger partial charge is 0.0871 e. The van der Waals surface area contributed by atoms with Crippen LogP contribution in [-0.2, 0) is 6.54 Å². The summed E-state index contributed by atoms with van der Waals surface area (Å²) in [6, 6.07) is 10.7. The van der Waals surface area contributed by atoms with E-state index >= 15 is 0 Å². The van der Waals surface area contributed by atoms with E-state index in [-0.39, 0.29) is 0 Å². The molecule has 2 rings (SSSR count). The zero-order valence-electron chi connectivity index (χ0n) is 8.69. The lowest BCUT2D eigenvalue weighted by molar-refractivity contribution is 0.287. The van der Waals surface area contributed by atoms with Gasteiger partial charge in [0.2, 0.25) is 0 Å². The van der Waals surface area contributed by atoms with E-state index in [1.807, 2.05) is 24.3 Å². The van der Waals surface area contributed by atoms with Crippen LogP contribution in [-0.4, -0.2) is 17.5 Å². The second-order valence-corrected chi connectivity index (χ2v) is 4.04. The second kappa shape index (κ2) is 4.33. The van der Waals surface area contributed by atoms with Crippen LogP contribution >= 0.6 is 0 Å². The Labute approximate surface area is 90.1 Å². The van der Waals surface area contributed by atoms with Crippen molar-refractivity contribution < 1.29 is 0 Å². The third-order valence-corrected chi connectivity index (χ3v) is 2.70. The predicted molar refractivity (Wildman–Crippen MR) is 59.9 cm³/mol. The van der Waals surface area contributed by atoms with Crippen molar-refractivity contribution >= 4 is 5.69 Å². The Hall–Kier alpha value is -1.53. The van der Waals surface area contributed by atoms with E-state index in [1.54, 1.807) is 0 Å². The third-order valence-electron chi connectivity index (χ3n) is 2.70. The van der Waals surface area contributed by atoms with Crippen molar-refractivity contribution in [2.45, 2.75) is 25.4 Å². The van der Waals surface area contributed by atoms with E-state index in [2.05, 4.69) is 11.0 Å². The van der Waals surface area contributed by atoms with E-state index in [4.69, 9.17) is 11.0 Å². The second-order valence-electron chi connectivity index (χ2n) is 4.04. The summed E-state index contributed by atoms with van der Waals surface area (Å²) < 4.78 is 0. The van der Waals surface area contributed by atoms with Crippen molar-refractivity contribution in [3.8, 4) is 6.07 Å². The predicted octanol–water partition coefficient (Wildman–Crippen LogP) is 1.76. The fourth-order valence-corrected chi connectivity index (χ4v) is 1.70. The van der Waals surface area contributed by atoms with Crippen LogP contribution in [0.15, 0.2) is 24.3 Å². The first kappa shape index (κ1) is 10.0. The molecule has 1 fully saturated rings. The normalized spacial score (nSPS) is 15.2. The number of benzene rings is 1. The Morgan fingerprint density at radius 2 is 2.00 bits per heavy atom. The first-order valence-corrected chi connectivity index (χ1v) is 5.25. The minimum Gasteiger partial charge on any atom is -0.399 e. The quantitative estimate of drug-likeness (QED) is 0.596. The molecule has 0 spiro atoms. The zero-order valence-corrected chi connectivity index (χ0v) is 8.69. The summed E-state index contributed by atoms with van der Waals surface area (Å²) >= 11 is 0. The number of nitrogens with two attached hydrogens (primary N) is 1. The average molecular weight is 201 g/mol. The number of nitrogen functional groups attached to an aromatic ring is 1. The molecule has 0 radical (unpaired) electrons. The van der Waals surface area contributed by atoms with Crippen LogP contribution in [0.3, 0.4) is 0 Å². The standard InChI is InChI=1S/C12H15N3/c13-7-8-15(12-5-6-12)9-10-1-3-11(14)4-2-10/h1-4,12H,5-6,8-9,14H2. The van der Waals surface area contributed by atoms with Crippen LogP contribution in [0.1, 0.15) is 18.4 Å². The van der Waals surface area contributed by atoms with Gasteiger partial charge in [-0.1, -0.05) is 12.1 Å². The Morgan fingerprint density at radius 1 is 1.33 bits per heavy atom. The van der Waals surface area contributed by atoms with Gasteiger partial charge < -0.3 is 5.73 Å². The van der Waals surface area contributed by atoms with Gasteiger partial charge in [-0.05, 0) is 30.5 Å². The van der Waals surface area contributed by atoms with Gasteiger partial charge >= 0.3 is 0 Å². The fraction of sp³-hybridized carbons (Fsp3) is 0.417. The van der Waals surface area contributed by atoms with Crippen LogP contribution in [0.2, 0.25) is 0 Å². The van der Waals surface area contributed by atoms with Gasteiger partial charge in [-0.15, -0.1) is 0 Å². The number of hydrogen-bond donors (Lipinski definition) is 1. The van der Waals surface area contributed by atoms with Crippen LogP contribution in [0.25, 0.3) is 0 Å². The molecule has 1 aliphatic rings. The first-order chi connectivity index (χ1) is 7.29. The van der Waals surface area contributed by atoms with Gasteiger partial charge in [-0.2, -0.15) is 5.26 Å². The maximum Gasteiger partial charge on any atom is 0.0871 e. The molecule has 2 N–H and O–H groups in total. The zero-order chi connectivity index (χ0) is 10.7. The van der Waals surface area contributed by atoms with Crippen molar-refractivity contribution in [2.24, 2.45) is 0 Å². The topological polar surface area (TPSA) is 53.0 Å². The molecule has 0 aromatic heterocycles. The summed E-state index contributed by atoms with van der Waals surface area (Å²) in [7, 11) is 0. The molecule has 0 aliphatic heterocycles. The summed E-state index contributed by atoms with van der Waals surface area (Å²) in [6.45, 7) is 1.38. The SMILES string of the molecule is N#CCN(Cc1ccc(N)cc1)C1CC1. The fourth-order valence-electron chi connectivity index (χ4n) is 1.70. The van der Waals surface area contributed by atoms with Crippen LogP contribution in [0, 0.1) is 11.3 Å². The highest BCUT2D eigenvalue weighted by molar-refractivity contribution is 5.39. The van der Waals surface area contributed by atoms with Gasteiger partial charge in [0.25, 0.3) is 0 Å². The van der Waals surface area contributed by atoms with Gasteiger partial charge in [0.1, 0.15) is 0 Å². The first-order valence-electron chi connectivity index (χ1n) is 5.25. The van der Waals surface area contributed by atoms with Gasteiger partial charge in [0.05, 0.1) is 12.6 Å². The van der Waals surface area contributed by atoms with Crippen LogP contribution in [0.5, 0.6) is 0 Å². The molecule has 1 aromatic rings. The molecular formula is C12H15N3. The summed E-state index contributed by atoms with van der Waals surface area (Å²) in [4.78, 5) is 2.23. The number of rotatable bonds is 4. The van der Waals surface area contributed by atoms with Gasteiger partial charge in [0.15, 0.2) is 0 Å². The molecule has 0 atom stereocenters. The van der Waals surface area contributed by atoms with E-state index < -0.39 is 0 Å². The maximum atomic E-state index is 8.72. The van der Waals surface area contributed by atoms with Crippen molar-refractivity contribution in [3.05, 3.63) is 29.8 Å². The highest BCUT2D eigenvalue weighted by atomic mass is 15.2. The lowest BCUT2D eigenvalue weighted by Gasteiger charge is -2.18. The molecular weight excluding hydrogens is 186 g/mol. The van der Waals surface area contributed by atoms with Gasteiger partial charge in [-0.3, -0.25) is 4.90 Å². The number of anilines is 1. The summed E-state index contributed by atoms with van der Waals surface area (Å²) in [5.74, 6) is 0. The van der Waals surface area contributed by atoms with Gasteiger partial charge in [0, 0.05) is 18.3 Å². The van der Waals surface area contributed by atoms with E-state index in [0.717, 1.165) is 12.2 Å². The van der Waals surface area contributed by atoms with Crippen molar-refractivity contribution in [1.82, 2.24) is 4.90 Å². The molecule has 3 heteroatoms. The highest BCUT2D eigenvalue weighted by Gasteiger charge is 2.28. The molecule has 78 valence electrons. The maximum absolute atomic E-state index is 8.72. The van der Waals surface area contributed by atoms with Crippen molar-refractivity contribution in [2.75, 3.05) is 12.3 Å². The number of nitriles is 1. The molecule has 0 saturated heterocycles. The minimum atomic E-state index is 0.523. The third kappa shape index (κ3) is 2.71. The van der Waals surface area contributed by atoms with E-state index in [1.165, 1.54) is 18.4 Å². The van der Waals surface area contributed by atoms with Crippen molar-refractivity contribution in [3.63, 3.8) is 0 Å². The molecule has 0 amide bonds. The lowest BCUT2D eigenvalue weighted by Crippen LogP contribution is -2.25. The van der Waals surface area contributed by atoms with Crippen molar-refractivity contribution in [1.29, 1.82) is 5.26 Å². The number of hydrogen-bond acceptors (Lipinski definition) is 3. The molecule has 0 heterocycles. The summed E-state index contributed by atoms with van der Waals surface area (Å²) in [5, 5.41) is 8.72. The molecule has 0 unspecified atom stereocenters. The van der Waals surface area contributed by atoms with E-state index in [0.29, 0.717) is 12.6 Å². The Kier molecular flexibility index (Phi) is 2.89. The van der Waals surface area contributed by atoms with Crippen LogP contribution in [0.4, 0.5) is 5.69 Å². The molecule has 15 heavy (non-hydrogen) atoms. The summed E-state index contributed by atoms with van der Waals surface area (Å²) in [5.41, 5.74) is 7.64. The Balaban J connectivity index is 1.99. The highest BCUT2D eigenvalue weighted by Crippen LogP contribution is 2.27. The Morgan fingerprint density at radius 3 is 2.53 bits per heavy atom. The van der Waals surface area contributed by atoms with Gasteiger partial charge in [-0.25, -0.2) is 0 Å². The monoisotopic (exact) mass is 201 g/mol.